The maximum atomic E-state index is 11.8. The maximum absolute atomic E-state index is 11.8. The lowest BCUT2D eigenvalue weighted by molar-refractivity contribution is -0.0604. The van der Waals surface area contributed by atoms with E-state index in [0.717, 1.165) is 0 Å². The molecule has 64 valence electrons. The fourth-order valence-electron chi connectivity index (χ4n) is 0.679. The van der Waals surface area contributed by atoms with E-state index in [4.69, 9.17) is 11.6 Å². The standard InChI is InChI=1S/C5H5ClF3NO/c6-2-3-1-4(10-11-3)5(7,8)9/h3H,1-2H2/t3-/m1/s1. The van der Waals surface area contributed by atoms with Crippen LogP contribution >= 0.6 is 11.6 Å². The zero-order valence-electron chi connectivity index (χ0n) is 5.36. The van der Waals surface area contributed by atoms with E-state index in [1.165, 1.54) is 0 Å². The molecular weight excluding hydrogens is 183 g/mol. The summed E-state index contributed by atoms with van der Waals surface area (Å²) in [6.45, 7) is 0. The Morgan fingerprint density at radius 1 is 1.64 bits per heavy atom. The van der Waals surface area contributed by atoms with Crippen LogP contribution in [0.1, 0.15) is 6.42 Å². The Balaban J connectivity index is 2.53. The SMILES string of the molecule is FC(F)(F)C1=NO[C@@H](CCl)C1. The first kappa shape index (κ1) is 8.64. The quantitative estimate of drug-likeness (QED) is 0.575. The minimum atomic E-state index is -4.37. The van der Waals surface area contributed by atoms with Crippen molar-refractivity contribution in [3.63, 3.8) is 0 Å². The average molecular weight is 188 g/mol. The van der Waals surface area contributed by atoms with E-state index in [1.807, 2.05) is 0 Å². The van der Waals surface area contributed by atoms with Gasteiger partial charge in [0.25, 0.3) is 0 Å². The van der Waals surface area contributed by atoms with Gasteiger partial charge in [-0.05, 0) is 0 Å². The highest BCUT2D eigenvalue weighted by Gasteiger charge is 2.41. The second-order valence-electron chi connectivity index (χ2n) is 2.12. The van der Waals surface area contributed by atoms with Gasteiger partial charge in [0, 0.05) is 6.42 Å². The molecule has 0 bridgehead atoms. The van der Waals surface area contributed by atoms with E-state index in [2.05, 4.69) is 9.99 Å². The van der Waals surface area contributed by atoms with Gasteiger partial charge in [-0.3, -0.25) is 0 Å². The number of hydrogen-bond donors (Lipinski definition) is 0. The van der Waals surface area contributed by atoms with Gasteiger partial charge in [-0.15, -0.1) is 11.6 Å². The molecule has 1 aliphatic heterocycles. The molecule has 0 fully saturated rings. The summed E-state index contributed by atoms with van der Waals surface area (Å²) in [6, 6.07) is 0. The van der Waals surface area contributed by atoms with Gasteiger partial charge < -0.3 is 4.84 Å². The van der Waals surface area contributed by atoms with Crippen molar-refractivity contribution in [2.75, 3.05) is 5.88 Å². The normalized spacial score (nSPS) is 24.7. The molecule has 0 saturated heterocycles. The lowest BCUT2D eigenvalue weighted by Gasteiger charge is -2.03. The Kier molecular flexibility index (Phi) is 2.27. The van der Waals surface area contributed by atoms with Gasteiger partial charge in [-0.25, -0.2) is 0 Å². The Labute approximate surface area is 66.0 Å². The molecule has 1 aliphatic rings. The summed E-state index contributed by atoms with van der Waals surface area (Å²) in [5.74, 6) is 0.0308. The lowest BCUT2D eigenvalue weighted by atomic mass is 10.2. The third-order valence-electron chi connectivity index (χ3n) is 1.23. The number of nitrogens with zero attached hydrogens (tertiary/aromatic N) is 1. The fraction of sp³-hybridized carbons (Fsp3) is 0.800. The van der Waals surface area contributed by atoms with Crippen molar-refractivity contribution in [1.82, 2.24) is 0 Å². The zero-order valence-corrected chi connectivity index (χ0v) is 6.11. The van der Waals surface area contributed by atoms with Crippen molar-refractivity contribution >= 4 is 17.3 Å². The maximum Gasteiger partial charge on any atom is 0.432 e. The van der Waals surface area contributed by atoms with Crippen LogP contribution in [0.2, 0.25) is 0 Å². The van der Waals surface area contributed by atoms with Crippen molar-refractivity contribution in [2.24, 2.45) is 5.16 Å². The van der Waals surface area contributed by atoms with Gasteiger partial charge in [0.2, 0.25) is 0 Å². The molecule has 0 aliphatic carbocycles. The summed E-state index contributed by atoms with van der Waals surface area (Å²) in [5, 5.41) is 2.87. The topological polar surface area (TPSA) is 21.6 Å². The molecule has 0 unspecified atom stereocenters. The molecule has 0 radical (unpaired) electrons. The molecule has 11 heavy (non-hydrogen) atoms. The number of rotatable bonds is 1. The molecule has 6 heteroatoms. The summed E-state index contributed by atoms with van der Waals surface area (Å²) in [5.41, 5.74) is -0.886. The summed E-state index contributed by atoms with van der Waals surface area (Å²) < 4.78 is 35.4. The summed E-state index contributed by atoms with van der Waals surface area (Å²) in [4.78, 5) is 4.38. The molecule has 1 heterocycles. The smallest absolute Gasteiger partial charge is 0.391 e. The molecule has 0 saturated carbocycles. The van der Waals surface area contributed by atoms with Crippen LogP contribution in [0.4, 0.5) is 13.2 Å². The Morgan fingerprint density at radius 3 is 2.55 bits per heavy atom. The van der Waals surface area contributed by atoms with E-state index in [1.54, 1.807) is 0 Å². The Morgan fingerprint density at radius 2 is 2.27 bits per heavy atom. The van der Waals surface area contributed by atoms with E-state index < -0.39 is 18.0 Å². The molecule has 1 rings (SSSR count). The molecule has 0 aromatic carbocycles. The first-order valence-corrected chi connectivity index (χ1v) is 3.43. The van der Waals surface area contributed by atoms with Crippen LogP contribution in [-0.2, 0) is 4.84 Å². The van der Waals surface area contributed by atoms with Crippen LogP contribution in [0.15, 0.2) is 5.16 Å². The van der Waals surface area contributed by atoms with Gasteiger partial charge in [0.05, 0.1) is 5.88 Å². The van der Waals surface area contributed by atoms with Crippen LogP contribution in [-0.4, -0.2) is 23.9 Å². The summed E-state index contributed by atoms with van der Waals surface area (Å²) >= 11 is 5.26. The Hall–Kier alpha value is -0.450. The number of alkyl halides is 4. The first-order valence-electron chi connectivity index (χ1n) is 2.90. The van der Waals surface area contributed by atoms with E-state index in [-0.39, 0.29) is 12.3 Å². The van der Waals surface area contributed by atoms with Crippen molar-refractivity contribution in [3.05, 3.63) is 0 Å². The van der Waals surface area contributed by atoms with Crippen LogP contribution in [0.3, 0.4) is 0 Å². The molecule has 1 atom stereocenters. The second-order valence-corrected chi connectivity index (χ2v) is 2.43. The number of oxime groups is 1. The van der Waals surface area contributed by atoms with Crippen molar-refractivity contribution < 1.29 is 18.0 Å². The number of hydrogen-bond acceptors (Lipinski definition) is 2. The first-order chi connectivity index (χ1) is 5.04. The molecule has 2 nitrogen and oxygen atoms in total. The van der Waals surface area contributed by atoms with Crippen LogP contribution < -0.4 is 0 Å². The van der Waals surface area contributed by atoms with E-state index in [9.17, 15) is 13.2 Å². The second kappa shape index (κ2) is 2.89. The lowest BCUT2D eigenvalue weighted by Crippen LogP contribution is -2.23. The highest BCUT2D eigenvalue weighted by Crippen LogP contribution is 2.25. The molecule has 0 spiro atoms. The van der Waals surface area contributed by atoms with Gasteiger partial charge in [-0.2, -0.15) is 13.2 Å². The minimum absolute atomic E-state index is 0.0308. The largest absolute Gasteiger partial charge is 0.432 e. The van der Waals surface area contributed by atoms with Crippen LogP contribution in [0.5, 0.6) is 0 Å². The summed E-state index contributed by atoms with van der Waals surface area (Å²) in [6.07, 6.45) is -5.23. The molecular formula is C5H5ClF3NO. The highest BCUT2D eigenvalue weighted by molar-refractivity contribution is 6.18. The van der Waals surface area contributed by atoms with Crippen LogP contribution in [0, 0.1) is 0 Å². The third-order valence-corrected chi connectivity index (χ3v) is 1.58. The van der Waals surface area contributed by atoms with Crippen molar-refractivity contribution in [3.8, 4) is 0 Å². The highest BCUT2D eigenvalue weighted by atomic mass is 35.5. The van der Waals surface area contributed by atoms with Crippen LogP contribution in [0.25, 0.3) is 0 Å². The Bertz CT molecular complexity index is 179. The summed E-state index contributed by atoms with van der Waals surface area (Å²) in [7, 11) is 0. The van der Waals surface area contributed by atoms with Gasteiger partial charge in [0.1, 0.15) is 6.10 Å². The monoisotopic (exact) mass is 187 g/mol. The van der Waals surface area contributed by atoms with E-state index in [0.29, 0.717) is 0 Å². The molecule has 0 N–H and O–H groups in total. The van der Waals surface area contributed by atoms with Gasteiger partial charge >= 0.3 is 6.18 Å². The predicted molar refractivity (Wildman–Crippen MR) is 33.7 cm³/mol. The average Bonchev–Trinajstić information content (AvgIpc) is 2.32. The fourth-order valence-corrected chi connectivity index (χ4v) is 0.844. The number of halogens is 4. The molecule has 0 aromatic heterocycles. The van der Waals surface area contributed by atoms with Gasteiger partial charge in [0.15, 0.2) is 5.71 Å². The predicted octanol–water partition coefficient (Wildman–Crippen LogP) is 1.93. The zero-order chi connectivity index (χ0) is 8.48. The van der Waals surface area contributed by atoms with Gasteiger partial charge in [-0.1, -0.05) is 5.16 Å². The minimum Gasteiger partial charge on any atom is -0.391 e. The molecule has 0 amide bonds. The molecule has 0 aromatic rings. The third kappa shape index (κ3) is 1.99. The van der Waals surface area contributed by atoms with E-state index >= 15 is 0 Å². The van der Waals surface area contributed by atoms with Crippen molar-refractivity contribution in [1.29, 1.82) is 0 Å². The van der Waals surface area contributed by atoms with Crippen molar-refractivity contribution in [2.45, 2.75) is 18.7 Å².